The highest BCUT2D eigenvalue weighted by Crippen LogP contribution is 2.16. The van der Waals surface area contributed by atoms with Crippen LogP contribution < -0.4 is 10.6 Å². The molecule has 2 aromatic heterocycles. The molecule has 6 nitrogen and oxygen atoms in total. The first-order valence-corrected chi connectivity index (χ1v) is 7.11. The Hall–Kier alpha value is -1.95. The summed E-state index contributed by atoms with van der Waals surface area (Å²) in [6.45, 7) is 4.18. The summed E-state index contributed by atoms with van der Waals surface area (Å²) < 4.78 is 0. The molecule has 0 aliphatic carbocycles. The highest BCUT2D eigenvalue weighted by Gasteiger charge is 2.15. The second-order valence-electron chi connectivity index (χ2n) is 5.34. The van der Waals surface area contributed by atoms with Gasteiger partial charge >= 0.3 is 0 Å². The molecule has 2 aromatic rings. The molecule has 1 aliphatic heterocycles. The molecule has 0 aromatic carbocycles. The van der Waals surface area contributed by atoms with Crippen molar-refractivity contribution in [3.05, 3.63) is 29.8 Å². The summed E-state index contributed by atoms with van der Waals surface area (Å²) in [5, 5.41) is 13.7. The van der Waals surface area contributed by atoms with Gasteiger partial charge in [-0.05, 0) is 44.8 Å². The third-order valence-corrected chi connectivity index (χ3v) is 3.54. The van der Waals surface area contributed by atoms with Gasteiger partial charge in [-0.3, -0.25) is 5.10 Å². The molecule has 1 fully saturated rings. The molecule has 1 unspecified atom stereocenters. The van der Waals surface area contributed by atoms with Crippen LogP contribution >= 0.6 is 0 Å². The Kier molecular flexibility index (Phi) is 3.92. The van der Waals surface area contributed by atoms with Crippen LogP contribution in [0.3, 0.4) is 0 Å². The number of hydrogen-bond acceptors (Lipinski definition) is 5. The summed E-state index contributed by atoms with van der Waals surface area (Å²) in [6.07, 6.45) is 5.24. The number of nitrogens with one attached hydrogen (secondary N) is 3. The maximum absolute atomic E-state index is 4.57. The third kappa shape index (κ3) is 3.33. The van der Waals surface area contributed by atoms with Gasteiger partial charge in [0.2, 0.25) is 0 Å². The van der Waals surface area contributed by atoms with Gasteiger partial charge in [-0.1, -0.05) is 0 Å². The van der Waals surface area contributed by atoms with Crippen LogP contribution in [0.4, 0.5) is 11.6 Å². The van der Waals surface area contributed by atoms with Gasteiger partial charge in [0.25, 0.3) is 0 Å². The van der Waals surface area contributed by atoms with E-state index in [1.807, 2.05) is 19.1 Å². The van der Waals surface area contributed by atoms with E-state index in [1.54, 1.807) is 6.20 Å². The molecule has 0 bridgehead atoms. The lowest BCUT2D eigenvalue weighted by atomic mass is 9.96. The fourth-order valence-electron chi connectivity index (χ4n) is 2.54. The molecule has 106 valence electrons. The first kappa shape index (κ1) is 13.1. The van der Waals surface area contributed by atoms with E-state index in [4.69, 9.17) is 0 Å². The zero-order valence-electron chi connectivity index (χ0n) is 11.7. The Morgan fingerprint density at radius 2 is 2.35 bits per heavy atom. The lowest BCUT2D eigenvalue weighted by Crippen LogP contribution is -2.31. The van der Waals surface area contributed by atoms with Crippen LogP contribution in [0.5, 0.6) is 0 Å². The highest BCUT2D eigenvalue weighted by atomic mass is 15.2. The Labute approximate surface area is 118 Å². The van der Waals surface area contributed by atoms with Crippen molar-refractivity contribution in [2.24, 2.45) is 5.92 Å². The molecule has 3 heterocycles. The fraction of sp³-hybridized carbons (Fsp3) is 0.500. The first-order chi connectivity index (χ1) is 9.79. The molecule has 1 aliphatic rings. The number of rotatable bonds is 4. The molecule has 20 heavy (non-hydrogen) atoms. The molecule has 0 radical (unpaired) electrons. The second kappa shape index (κ2) is 6.00. The van der Waals surface area contributed by atoms with Crippen molar-refractivity contribution >= 4 is 11.6 Å². The maximum Gasteiger partial charge on any atom is 0.153 e. The minimum Gasteiger partial charge on any atom is -0.323 e. The summed E-state index contributed by atoms with van der Waals surface area (Å²) >= 11 is 0. The number of aromatic nitrogens is 4. The van der Waals surface area contributed by atoms with E-state index < -0.39 is 0 Å². The van der Waals surface area contributed by atoms with E-state index in [1.165, 1.54) is 12.8 Å². The number of aryl methyl sites for hydroxylation is 1. The summed E-state index contributed by atoms with van der Waals surface area (Å²) in [5.41, 5.74) is 1.02. The number of anilines is 2. The largest absolute Gasteiger partial charge is 0.323 e. The molecule has 0 amide bonds. The average Bonchev–Trinajstić information content (AvgIpc) is 2.86. The number of piperidine rings is 1. The first-order valence-electron chi connectivity index (χ1n) is 7.11. The van der Waals surface area contributed by atoms with Crippen molar-refractivity contribution in [1.29, 1.82) is 0 Å². The lowest BCUT2D eigenvalue weighted by molar-refractivity contribution is 0.371. The van der Waals surface area contributed by atoms with Crippen molar-refractivity contribution in [1.82, 2.24) is 25.5 Å². The Morgan fingerprint density at radius 3 is 3.10 bits per heavy atom. The smallest absolute Gasteiger partial charge is 0.153 e. The lowest BCUT2D eigenvalue weighted by Gasteiger charge is -2.21. The van der Waals surface area contributed by atoms with Gasteiger partial charge in [-0.15, -0.1) is 0 Å². The quantitative estimate of drug-likeness (QED) is 0.791. The zero-order valence-corrected chi connectivity index (χ0v) is 11.7. The molecular formula is C14H20N6. The monoisotopic (exact) mass is 272 g/mol. The highest BCUT2D eigenvalue weighted by molar-refractivity contribution is 5.50. The Bertz CT molecular complexity index is 558. The predicted octanol–water partition coefficient (Wildman–Crippen LogP) is 1.79. The van der Waals surface area contributed by atoms with Crippen LogP contribution in [-0.2, 0) is 6.42 Å². The van der Waals surface area contributed by atoms with Crippen molar-refractivity contribution in [3.8, 4) is 0 Å². The third-order valence-electron chi connectivity index (χ3n) is 3.54. The maximum atomic E-state index is 4.57. The summed E-state index contributed by atoms with van der Waals surface area (Å²) in [4.78, 5) is 8.94. The van der Waals surface area contributed by atoms with E-state index in [-0.39, 0.29) is 0 Å². The van der Waals surface area contributed by atoms with Gasteiger partial charge in [0.15, 0.2) is 5.82 Å². The van der Waals surface area contributed by atoms with Crippen molar-refractivity contribution in [2.75, 3.05) is 18.4 Å². The SMILES string of the molecule is Cc1cc(Nc2ccnc(CC3CCCNC3)n2)n[nH]1. The summed E-state index contributed by atoms with van der Waals surface area (Å²) in [6, 6.07) is 3.82. The van der Waals surface area contributed by atoms with Crippen molar-refractivity contribution in [2.45, 2.75) is 26.2 Å². The number of hydrogen-bond donors (Lipinski definition) is 3. The van der Waals surface area contributed by atoms with Crippen LogP contribution in [0, 0.1) is 12.8 Å². The average molecular weight is 272 g/mol. The Balaban J connectivity index is 1.65. The molecular weight excluding hydrogens is 252 g/mol. The molecule has 0 saturated carbocycles. The van der Waals surface area contributed by atoms with Crippen molar-refractivity contribution < 1.29 is 0 Å². The molecule has 0 spiro atoms. The van der Waals surface area contributed by atoms with Crippen molar-refractivity contribution in [3.63, 3.8) is 0 Å². The molecule has 6 heteroatoms. The number of H-pyrrole nitrogens is 1. The standard InChI is InChI=1S/C14H20N6/c1-10-7-14(20-19-10)18-12-4-6-16-13(17-12)8-11-3-2-5-15-9-11/h4,6-7,11,15H,2-3,5,8-9H2,1H3,(H2,16,17,18,19,20). The number of nitrogens with zero attached hydrogens (tertiary/aromatic N) is 3. The topological polar surface area (TPSA) is 78.5 Å². The van der Waals surface area contributed by atoms with E-state index in [9.17, 15) is 0 Å². The van der Waals surface area contributed by atoms with Crippen LogP contribution in [0.25, 0.3) is 0 Å². The van der Waals surface area contributed by atoms with Crippen LogP contribution in [0.1, 0.15) is 24.4 Å². The number of aromatic amines is 1. The van der Waals surface area contributed by atoms with E-state index in [0.29, 0.717) is 5.92 Å². The van der Waals surface area contributed by atoms with Crippen LogP contribution in [-0.4, -0.2) is 33.3 Å². The van der Waals surface area contributed by atoms with E-state index in [2.05, 4.69) is 30.8 Å². The van der Waals surface area contributed by atoms with E-state index >= 15 is 0 Å². The summed E-state index contributed by atoms with van der Waals surface area (Å²) in [5.74, 6) is 3.12. The minimum absolute atomic E-state index is 0.645. The Morgan fingerprint density at radius 1 is 1.40 bits per heavy atom. The van der Waals surface area contributed by atoms with Gasteiger partial charge in [-0.25, -0.2) is 9.97 Å². The van der Waals surface area contributed by atoms with Gasteiger partial charge < -0.3 is 10.6 Å². The van der Waals surface area contributed by atoms with Crippen LogP contribution in [0.2, 0.25) is 0 Å². The summed E-state index contributed by atoms with van der Waals surface area (Å²) in [7, 11) is 0. The zero-order chi connectivity index (χ0) is 13.8. The van der Waals surface area contributed by atoms with Gasteiger partial charge in [0.1, 0.15) is 11.6 Å². The predicted molar refractivity (Wildman–Crippen MR) is 77.9 cm³/mol. The normalized spacial score (nSPS) is 18.9. The van der Waals surface area contributed by atoms with E-state index in [0.717, 1.165) is 42.7 Å². The fourth-order valence-corrected chi connectivity index (χ4v) is 2.54. The van der Waals surface area contributed by atoms with Gasteiger partial charge in [0, 0.05) is 24.4 Å². The molecule has 3 N–H and O–H groups in total. The molecule has 1 saturated heterocycles. The molecule has 3 rings (SSSR count). The second-order valence-corrected chi connectivity index (χ2v) is 5.34. The van der Waals surface area contributed by atoms with Gasteiger partial charge in [-0.2, -0.15) is 5.10 Å². The molecule has 1 atom stereocenters. The minimum atomic E-state index is 0.645. The van der Waals surface area contributed by atoms with Crippen LogP contribution in [0.15, 0.2) is 18.3 Å². The van der Waals surface area contributed by atoms with Gasteiger partial charge in [0.05, 0.1) is 0 Å².